The van der Waals surface area contributed by atoms with Gasteiger partial charge in [0.2, 0.25) is 0 Å². The molecule has 0 spiro atoms. The number of esters is 1. The lowest BCUT2D eigenvalue weighted by Crippen LogP contribution is -2.04. The smallest absolute Gasteiger partial charge is 0.341 e. The van der Waals surface area contributed by atoms with E-state index in [-0.39, 0.29) is 5.97 Å². The van der Waals surface area contributed by atoms with E-state index < -0.39 is 0 Å². The molecule has 17 heavy (non-hydrogen) atoms. The molecule has 0 saturated heterocycles. The molecule has 6 nitrogen and oxygen atoms in total. The Hall–Kier alpha value is -2.11. The predicted molar refractivity (Wildman–Crippen MR) is 58.5 cm³/mol. The van der Waals surface area contributed by atoms with E-state index in [4.69, 9.17) is 9.26 Å². The fourth-order valence-corrected chi connectivity index (χ4v) is 1.43. The van der Waals surface area contributed by atoms with E-state index in [1.807, 2.05) is 13.0 Å². The molecule has 0 fully saturated rings. The number of hydrogen-bond donors (Lipinski definition) is 0. The van der Waals surface area contributed by atoms with Crippen LogP contribution in [-0.2, 0) is 11.3 Å². The van der Waals surface area contributed by atoms with Crippen LogP contribution in [0.4, 0.5) is 0 Å². The monoisotopic (exact) mass is 235 g/mol. The summed E-state index contributed by atoms with van der Waals surface area (Å²) in [5, 5.41) is 7.91. The van der Waals surface area contributed by atoms with E-state index in [1.54, 1.807) is 17.8 Å². The van der Waals surface area contributed by atoms with E-state index in [0.29, 0.717) is 18.7 Å². The molecule has 0 N–H and O–H groups in total. The van der Waals surface area contributed by atoms with Gasteiger partial charge in [-0.1, -0.05) is 5.16 Å². The van der Waals surface area contributed by atoms with Crippen molar-refractivity contribution in [1.82, 2.24) is 14.9 Å². The molecule has 90 valence electrons. The lowest BCUT2D eigenvalue weighted by molar-refractivity contribution is 0.0526. The maximum absolute atomic E-state index is 11.4. The molecule has 0 amide bonds. The van der Waals surface area contributed by atoms with Crippen molar-refractivity contribution in [3.8, 4) is 0 Å². The Balaban J connectivity index is 2.06. The number of rotatable bonds is 4. The molecule has 2 rings (SSSR count). The van der Waals surface area contributed by atoms with Crippen molar-refractivity contribution in [3.05, 3.63) is 35.5 Å². The summed E-state index contributed by atoms with van der Waals surface area (Å²) in [6, 6.07) is 1.83. The molecule has 0 atom stereocenters. The third kappa shape index (κ3) is 2.72. The number of ether oxygens (including phenoxy) is 1. The Labute approximate surface area is 98.2 Å². The SMILES string of the molecule is CCOC(=O)c1cnn(Cc2cc(C)on2)c1. The van der Waals surface area contributed by atoms with Crippen LogP contribution in [0.5, 0.6) is 0 Å². The van der Waals surface area contributed by atoms with E-state index in [0.717, 1.165) is 11.5 Å². The predicted octanol–water partition coefficient (Wildman–Crippen LogP) is 1.40. The molecule has 0 aliphatic heterocycles. The van der Waals surface area contributed by atoms with Crippen LogP contribution in [0.1, 0.15) is 28.7 Å². The second-order valence-corrected chi connectivity index (χ2v) is 3.58. The summed E-state index contributed by atoms with van der Waals surface area (Å²) < 4.78 is 11.4. The van der Waals surface area contributed by atoms with E-state index in [1.165, 1.54) is 6.20 Å². The van der Waals surface area contributed by atoms with E-state index in [2.05, 4.69) is 10.3 Å². The van der Waals surface area contributed by atoms with Crippen molar-refractivity contribution in [2.75, 3.05) is 6.61 Å². The first-order chi connectivity index (χ1) is 8.19. The van der Waals surface area contributed by atoms with Gasteiger partial charge in [0, 0.05) is 12.3 Å². The highest BCUT2D eigenvalue weighted by Crippen LogP contribution is 2.06. The van der Waals surface area contributed by atoms with Gasteiger partial charge in [0.25, 0.3) is 0 Å². The van der Waals surface area contributed by atoms with Crippen molar-refractivity contribution in [1.29, 1.82) is 0 Å². The summed E-state index contributed by atoms with van der Waals surface area (Å²) in [7, 11) is 0. The number of aromatic nitrogens is 3. The maximum atomic E-state index is 11.4. The Morgan fingerprint density at radius 2 is 2.41 bits per heavy atom. The van der Waals surface area contributed by atoms with Crippen molar-refractivity contribution < 1.29 is 14.1 Å². The molecular formula is C11H13N3O3. The molecule has 0 saturated carbocycles. The topological polar surface area (TPSA) is 70.2 Å². The standard InChI is InChI=1S/C11H13N3O3/c1-3-16-11(15)9-5-12-14(6-9)7-10-4-8(2)17-13-10/h4-6H,3,7H2,1-2H3. The van der Waals surface area contributed by atoms with Gasteiger partial charge >= 0.3 is 5.97 Å². The quantitative estimate of drug-likeness (QED) is 0.749. The molecular weight excluding hydrogens is 222 g/mol. The zero-order valence-corrected chi connectivity index (χ0v) is 9.71. The Morgan fingerprint density at radius 3 is 3.06 bits per heavy atom. The second-order valence-electron chi connectivity index (χ2n) is 3.58. The summed E-state index contributed by atoms with van der Waals surface area (Å²) in [6.45, 7) is 4.41. The van der Waals surface area contributed by atoms with Gasteiger partial charge in [-0.05, 0) is 13.8 Å². The lowest BCUT2D eigenvalue weighted by atomic mass is 10.3. The number of carbonyl (C=O) groups excluding carboxylic acids is 1. The first kappa shape index (κ1) is 11.4. The largest absolute Gasteiger partial charge is 0.462 e. The highest BCUT2D eigenvalue weighted by molar-refractivity contribution is 5.88. The second kappa shape index (κ2) is 4.82. The molecule has 6 heteroatoms. The van der Waals surface area contributed by atoms with Gasteiger partial charge in [0.05, 0.1) is 24.9 Å². The number of aryl methyl sites for hydroxylation is 1. The lowest BCUT2D eigenvalue weighted by Gasteiger charge is -1.97. The zero-order chi connectivity index (χ0) is 12.3. The van der Waals surface area contributed by atoms with Crippen LogP contribution < -0.4 is 0 Å². The maximum Gasteiger partial charge on any atom is 0.341 e. The zero-order valence-electron chi connectivity index (χ0n) is 9.71. The third-order valence-electron chi connectivity index (χ3n) is 2.15. The van der Waals surface area contributed by atoms with Gasteiger partial charge in [-0.2, -0.15) is 5.10 Å². The highest BCUT2D eigenvalue weighted by Gasteiger charge is 2.10. The molecule has 0 aliphatic carbocycles. The summed E-state index contributed by atoms with van der Waals surface area (Å²) in [5.74, 6) is 0.382. The van der Waals surface area contributed by atoms with Crippen molar-refractivity contribution >= 4 is 5.97 Å². The molecule has 0 aromatic carbocycles. The molecule has 0 bridgehead atoms. The molecule has 0 unspecified atom stereocenters. The first-order valence-corrected chi connectivity index (χ1v) is 5.31. The van der Waals surface area contributed by atoms with Crippen molar-refractivity contribution in [3.63, 3.8) is 0 Å². The van der Waals surface area contributed by atoms with Crippen LogP contribution in [0, 0.1) is 6.92 Å². The summed E-state index contributed by atoms with van der Waals surface area (Å²) in [5.41, 5.74) is 1.20. The van der Waals surface area contributed by atoms with Crippen LogP contribution >= 0.6 is 0 Å². The average Bonchev–Trinajstić information content (AvgIpc) is 2.89. The van der Waals surface area contributed by atoms with Crippen LogP contribution in [0.3, 0.4) is 0 Å². The Morgan fingerprint density at radius 1 is 1.59 bits per heavy atom. The van der Waals surface area contributed by atoms with E-state index >= 15 is 0 Å². The fraction of sp³-hybridized carbons (Fsp3) is 0.364. The average molecular weight is 235 g/mol. The van der Waals surface area contributed by atoms with Crippen LogP contribution in [0.25, 0.3) is 0 Å². The third-order valence-corrected chi connectivity index (χ3v) is 2.15. The van der Waals surface area contributed by atoms with Gasteiger partial charge in [0.1, 0.15) is 11.5 Å². The van der Waals surface area contributed by atoms with E-state index in [9.17, 15) is 4.79 Å². The number of nitrogens with zero attached hydrogens (tertiary/aromatic N) is 3. The van der Waals surface area contributed by atoms with Crippen molar-refractivity contribution in [2.24, 2.45) is 0 Å². The summed E-state index contributed by atoms with van der Waals surface area (Å²) >= 11 is 0. The Bertz CT molecular complexity index is 516. The summed E-state index contributed by atoms with van der Waals surface area (Å²) in [6.07, 6.45) is 3.10. The van der Waals surface area contributed by atoms with Gasteiger partial charge in [0.15, 0.2) is 0 Å². The van der Waals surface area contributed by atoms with Crippen LogP contribution in [0.2, 0.25) is 0 Å². The van der Waals surface area contributed by atoms with Gasteiger partial charge in [-0.25, -0.2) is 4.79 Å². The summed E-state index contributed by atoms with van der Waals surface area (Å²) in [4.78, 5) is 11.4. The minimum absolute atomic E-state index is 0.354. The first-order valence-electron chi connectivity index (χ1n) is 5.31. The van der Waals surface area contributed by atoms with Gasteiger partial charge in [-0.15, -0.1) is 0 Å². The fourth-order valence-electron chi connectivity index (χ4n) is 1.43. The number of carbonyl (C=O) groups is 1. The molecule has 2 aromatic rings. The number of hydrogen-bond acceptors (Lipinski definition) is 5. The molecule has 0 aliphatic rings. The normalized spacial score (nSPS) is 10.5. The Kier molecular flexibility index (Phi) is 3.22. The van der Waals surface area contributed by atoms with Gasteiger partial charge < -0.3 is 9.26 Å². The molecule has 0 radical (unpaired) electrons. The molecule has 2 heterocycles. The van der Waals surface area contributed by atoms with Crippen LogP contribution in [0.15, 0.2) is 23.0 Å². The van der Waals surface area contributed by atoms with Crippen molar-refractivity contribution in [2.45, 2.75) is 20.4 Å². The highest BCUT2D eigenvalue weighted by atomic mass is 16.5. The minimum Gasteiger partial charge on any atom is -0.462 e. The van der Waals surface area contributed by atoms with Crippen LogP contribution in [-0.4, -0.2) is 27.5 Å². The van der Waals surface area contributed by atoms with Gasteiger partial charge in [-0.3, -0.25) is 4.68 Å². The minimum atomic E-state index is -0.366. The molecule has 2 aromatic heterocycles.